The lowest BCUT2D eigenvalue weighted by molar-refractivity contribution is 0.0364. The van der Waals surface area contributed by atoms with Gasteiger partial charge in [0.1, 0.15) is 23.4 Å². The summed E-state index contributed by atoms with van der Waals surface area (Å²) >= 11 is 0. The molecule has 3 heterocycles. The van der Waals surface area contributed by atoms with E-state index in [9.17, 15) is 28.7 Å². The van der Waals surface area contributed by atoms with Crippen LogP contribution in [0.2, 0.25) is 0 Å². The number of aromatic amines is 1. The zero-order chi connectivity index (χ0) is 29.8. The number of piperazine rings is 1. The van der Waals surface area contributed by atoms with Crippen LogP contribution in [-0.4, -0.2) is 84.1 Å². The fourth-order valence-electron chi connectivity index (χ4n) is 4.67. The number of carbonyl (C=O) groups excluding carboxylic acids is 3. The largest absolute Gasteiger partial charge is 0.501 e. The zero-order valence-corrected chi connectivity index (χ0v) is 22.5. The van der Waals surface area contributed by atoms with Crippen LogP contribution in [0.3, 0.4) is 0 Å². The minimum atomic E-state index is -0.983. The molecule has 5 rings (SSSR count). The van der Waals surface area contributed by atoms with Gasteiger partial charge in [0, 0.05) is 51.2 Å². The second-order valence-electron chi connectivity index (χ2n) is 9.66. The van der Waals surface area contributed by atoms with Gasteiger partial charge in [0.2, 0.25) is 5.75 Å². The first-order valence-corrected chi connectivity index (χ1v) is 13.0. The highest BCUT2D eigenvalue weighted by Gasteiger charge is 2.37. The van der Waals surface area contributed by atoms with Crippen molar-refractivity contribution >= 4 is 17.7 Å². The van der Waals surface area contributed by atoms with Gasteiger partial charge in [-0.05, 0) is 29.8 Å². The Kier molecular flexibility index (Phi) is 8.00. The minimum Gasteiger partial charge on any atom is -0.501 e. The summed E-state index contributed by atoms with van der Waals surface area (Å²) in [6.45, 7) is 0.216. The maximum atomic E-state index is 13.6. The molecule has 3 amide bonds. The molecule has 0 aliphatic carbocycles. The Morgan fingerprint density at radius 3 is 2.48 bits per heavy atom. The first-order valence-electron chi connectivity index (χ1n) is 13.0. The molecule has 2 aromatic heterocycles. The van der Waals surface area contributed by atoms with E-state index in [4.69, 9.17) is 0 Å². The van der Waals surface area contributed by atoms with Gasteiger partial charge in [-0.3, -0.25) is 24.2 Å². The predicted molar refractivity (Wildman–Crippen MR) is 147 cm³/mol. The van der Waals surface area contributed by atoms with E-state index in [0.29, 0.717) is 11.1 Å². The number of hydrogen-bond donors (Lipinski definition) is 2. The van der Waals surface area contributed by atoms with Crippen molar-refractivity contribution in [1.82, 2.24) is 34.6 Å². The minimum absolute atomic E-state index is 0.0464. The van der Waals surface area contributed by atoms with E-state index in [1.807, 2.05) is 0 Å². The molecular weight excluding hydrogens is 545 g/mol. The lowest BCUT2D eigenvalue weighted by atomic mass is 10.1. The van der Waals surface area contributed by atoms with Crippen molar-refractivity contribution in [3.8, 4) is 5.75 Å². The van der Waals surface area contributed by atoms with Gasteiger partial charge in [0.25, 0.3) is 23.3 Å². The molecule has 4 aromatic rings. The molecule has 0 spiro atoms. The van der Waals surface area contributed by atoms with Gasteiger partial charge in [-0.2, -0.15) is 0 Å². The fraction of sp³-hybridized carbons (Fsp3) is 0.207. The van der Waals surface area contributed by atoms with Crippen molar-refractivity contribution in [1.29, 1.82) is 0 Å². The van der Waals surface area contributed by atoms with Gasteiger partial charge < -0.3 is 24.8 Å². The molecule has 0 saturated carbocycles. The molecule has 214 valence electrons. The molecule has 13 heteroatoms. The molecule has 1 atom stereocenters. The monoisotopic (exact) mass is 571 g/mol. The molecule has 12 nitrogen and oxygen atoms in total. The quantitative estimate of drug-likeness (QED) is 0.357. The molecule has 1 fully saturated rings. The molecule has 42 heavy (non-hydrogen) atoms. The Morgan fingerprint density at radius 2 is 1.79 bits per heavy atom. The maximum Gasteiger partial charge on any atom is 0.294 e. The molecule has 1 unspecified atom stereocenters. The highest BCUT2D eigenvalue weighted by Crippen LogP contribution is 2.27. The Balaban J connectivity index is 1.50. The lowest BCUT2D eigenvalue weighted by Crippen LogP contribution is -2.53. The molecular formula is C29H26FN7O5. The Bertz CT molecular complexity index is 1670. The summed E-state index contributed by atoms with van der Waals surface area (Å²) in [7, 11) is 1.45. The van der Waals surface area contributed by atoms with E-state index >= 15 is 0 Å². The van der Waals surface area contributed by atoms with Crippen molar-refractivity contribution in [2.75, 3.05) is 26.7 Å². The van der Waals surface area contributed by atoms with E-state index in [1.54, 1.807) is 30.3 Å². The van der Waals surface area contributed by atoms with Crippen molar-refractivity contribution < 1.29 is 23.9 Å². The number of rotatable bonds is 6. The van der Waals surface area contributed by atoms with Crippen LogP contribution < -0.4 is 5.56 Å². The van der Waals surface area contributed by atoms with Crippen LogP contribution in [0.25, 0.3) is 0 Å². The lowest BCUT2D eigenvalue weighted by Gasteiger charge is -2.40. The number of benzene rings is 2. The summed E-state index contributed by atoms with van der Waals surface area (Å²) in [5.41, 5.74) is -0.412. The van der Waals surface area contributed by atoms with Gasteiger partial charge >= 0.3 is 0 Å². The number of hydrogen-bond acceptors (Lipinski definition) is 8. The average molecular weight is 572 g/mol. The van der Waals surface area contributed by atoms with Crippen LogP contribution in [0.1, 0.15) is 48.8 Å². The number of nitrogens with one attached hydrogen (secondary N) is 1. The molecule has 0 radical (unpaired) electrons. The van der Waals surface area contributed by atoms with E-state index in [1.165, 1.54) is 64.6 Å². The third-order valence-corrected chi connectivity index (χ3v) is 6.84. The van der Waals surface area contributed by atoms with E-state index in [-0.39, 0.29) is 43.6 Å². The van der Waals surface area contributed by atoms with Crippen LogP contribution in [0.15, 0.2) is 78.0 Å². The van der Waals surface area contributed by atoms with Crippen LogP contribution in [0.4, 0.5) is 4.39 Å². The summed E-state index contributed by atoms with van der Waals surface area (Å²) in [5, 5.41) is 10.5. The third kappa shape index (κ3) is 5.84. The van der Waals surface area contributed by atoms with Crippen LogP contribution in [0, 0.1) is 5.82 Å². The number of amides is 3. The summed E-state index contributed by atoms with van der Waals surface area (Å²) in [5.74, 6) is -2.98. The van der Waals surface area contributed by atoms with Crippen LogP contribution >= 0.6 is 0 Å². The Labute approximate surface area is 239 Å². The number of halogens is 1. The third-order valence-electron chi connectivity index (χ3n) is 6.84. The normalized spacial score (nSPS) is 14.9. The summed E-state index contributed by atoms with van der Waals surface area (Å²) < 4.78 is 13.3. The Hall–Kier alpha value is -5.46. The summed E-state index contributed by atoms with van der Waals surface area (Å²) in [4.78, 5) is 71.9. The molecule has 2 aromatic carbocycles. The van der Waals surface area contributed by atoms with E-state index < -0.39 is 40.7 Å². The maximum absolute atomic E-state index is 13.6. The number of H-pyrrole nitrogens is 1. The van der Waals surface area contributed by atoms with Crippen molar-refractivity contribution in [3.05, 3.63) is 118 Å². The standard InChI is InChI=1S/C29H26FN7O5/c1-35(16-18-7-9-20(30)10-8-18)29(42)23-24(38)26(39)34-25(33-23)22-17-36(28(41)21-15-31-11-12-32-21)13-14-37(22)27(40)19-5-3-2-4-6-19/h2-12,15,22,38H,13-14,16-17H2,1H3,(H,33,34,39). The number of aromatic nitrogens is 4. The molecule has 1 saturated heterocycles. The van der Waals surface area contributed by atoms with Crippen LogP contribution in [0.5, 0.6) is 5.75 Å². The fourth-order valence-corrected chi connectivity index (χ4v) is 4.67. The summed E-state index contributed by atoms with van der Waals surface area (Å²) in [6.07, 6.45) is 4.15. The van der Waals surface area contributed by atoms with Crippen molar-refractivity contribution in [2.24, 2.45) is 0 Å². The second-order valence-corrected chi connectivity index (χ2v) is 9.66. The molecule has 0 bridgehead atoms. The first-order chi connectivity index (χ1) is 20.2. The Morgan fingerprint density at radius 1 is 1.05 bits per heavy atom. The van der Waals surface area contributed by atoms with Gasteiger partial charge in [0.15, 0.2) is 5.69 Å². The number of nitrogens with zero attached hydrogens (tertiary/aromatic N) is 6. The van der Waals surface area contributed by atoms with Crippen molar-refractivity contribution in [2.45, 2.75) is 12.6 Å². The SMILES string of the molecule is CN(Cc1ccc(F)cc1)C(=O)c1nc(C2CN(C(=O)c3cnccn3)CCN2C(=O)c2ccccc2)[nH]c(=O)c1O. The molecule has 1 aliphatic heterocycles. The smallest absolute Gasteiger partial charge is 0.294 e. The van der Waals surface area contributed by atoms with Crippen molar-refractivity contribution in [3.63, 3.8) is 0 Å². The van der Waals surface area contributed by atoms with Gasteiger partial charge in [-0.15, -0.1) is 0 Å². The van der Waals surface area contributed by atoms with Gasteiger partial charge in [-0.1, -0.05) is 30.3 Å². The topological polar surface area (TPSA) is 153 Å². The molecule has 1 aliphatic rings. The number of carbonyl (C=O) groups is 3. The van der Waals surface area contributed by atoms with Gasteiger partial charge in [-0.25, -0.2) is 14.4 Å². The summed E-state index contributed by atoms with van der Waals surface area (Å²) in [6, 6.07) is 13.0. The predicted octanol–water partition coefficient (Wildman–Crippen LogP) is 2.02. The zero-order valence-electron chi connectivity index (χ0n) is 22.5. The van der Waals surface area contributed by atoms with Gasteiger partial charge in [0.05, 0.1) is 6.20 Å². The first kappa shape index (κ1) is 28.1. The average Bonchev–Trinajstić information content (AvgIpc) is 3.03. The van der Waals surface area contributed by atoms with E-state index in [2.05, 4.69) is 19.9 Å². The second kappa shape index (κ2) is 12.0. The van der Waals surface area contributed by atoms with Crippen LogP contribution in [-0.2, 0) is 6.54 Å². The highest BCUT2D eigenvalue weighted by atomic mass is 19.1. The van der Waals surface area contributed by atoms with E-state index in [0.717, 1.165) is 0 Å². The highest BCUT2D eigenvalue weighted by molar-refractivity contribution is 5.96. The molecule has 2 N–H and O–H groups in total. The number of aromatic hydroxyl groups is 1.